The highest BCUT2D eigenvalue weighted by atomic mass is 32.2. The van der Waals surface area contributed by atoms with Gasteiger partial charge in [0, 0.05) is 28.3 Å². The summed E-state index contributed by atoms with van der Waals surface area (Å²) in [6, 6.07) is 0. The molecule has 114 valence electrons. The lowest BCUT2D eigenvalue weighted by atomic mass is 9.96. The molecule has 0 fully saturated rings. The topological polar surface area (TPSA) is 57.4 Å². The van der Waals surface area contributed by atoms with Gasteiger partial charge in [-0.1, -0.05) is 25.6 Å². The summed E-state index contributed by atoms with van der Waals surface area (Å²) in [5.41, 5.74) is -0.0826. The van der Waals surface area contributed by atoms with Crippen LogP contribution in [0.5, 0.6) is 11.5 Å². The summed E-state index contributed by atoms with van der Waals surface area (Å²) in [4.78, 5) is 0. The molecular weight excluding hydrogens is 308 g/mol. The Morgan fingerprint density at radius 3 is 2.62 bits per heavy atom. The maximum absolute atomic E-state index is 5.84. The number of nitrogens with zero attached hydrogens (tertiary/aromatic N) is 2. The second kappa shape index (κ2) is 6.27. The van der Waals surface area contributed by atoms with Crippen LogP contribution in [-0.4, -0.2) is 29.2 Å². The zero-order chi connectivity index (χ0) is 14.7. The molecule has 0 aliphatic carbocycles. The van der Waals surface area contributed by atoms with E-state index in [0.29, 0.717) is 24.3 Å². The van der Waals surface area contributed by atoms with Gasteiger partial charge in [-0.2, -0.15) is 0 Å². The molecule has 0 saturated carbocycles. The van der Waals surface area contributed by atoms with Crippen molar-refractivity contribution in [2.75, 3.05) is 19.0 Å². The number of thioether (sulfide) groups is 1. The Labute approximate surface area is 132 Å². The molecule has 1 aliphatic heterocycles. The third-order valence-corrected chi connectivity index (χ3v) is 5.16. The van der Waals surface area contributed by atoms with E-state index in [4.69, 9.17) is 13.9 Å². The van der Waals surface area contributed by atoms with Crippen molar-refractivity contribution < 1.29 is 13.9 Å². The lowest BCUT2D eigenvalue weighted by Gasteiger charge is -2.24. The van der Waals surface area contributed by atoms with Gasteiger partial charge in [0.05, 0.1) is 13.2 Å². The molecular formula is C14H18N2O3S2. The number of hydrogen-bond donors (Lipinski definition) is 0. The van der Waals surface area contributed by atoms with Crippen molar-refractivity contribution in [3.05, 3.63) is 16.7 Å². The van der Waals surface area contributed by atoms with Gasteiger partial charge in [-0.3, -0.25) is 0 Å². The molecule has 0 atom stereocenters. The van der Waals surface area contributed by atoms with E-state index in [9.17, 15) is 0 Å². The van der Waals surface area contributed by atoms with Crippen LogP contribution in [0.4, 0.5) is 0 Å². The van der Waals surface area contributed by atoms with Gasteiger partial charge in [0.25, 0.3) is 5.22 Å². The second-order valence-electron chi connectivity index (χ2n) is 5.49. The standard InChI is InChI=1S/C14H18N2O3S2/c1-3-4-12-15-16-13(19-12)21-9-14(2)7-17-10-5-20-6-11(10)18-8-14/h5-6H,3-4,7-9H2,1-2H3. The van der Waals surface area contributed by atoms with Gasteiger partial charge < -0.3 is 13.9 Å². The Balaban J connectivity index is 1.57. The van der Waals surface area contributed by atoms with Crippen LogP contribution in [0.1, 0.15) is 26.2 Å². The Bertz CT molecular complexity index is 574. The van der Waals surface area contributed by atoms with E-state index in [1.54, 1.807) is 23.1 Å². The van der Waals surface area contributed by atoms with Gasteiger partial charge >= 0.3 is 0 Å². The summed E-state index contributed by atoms with van der Waals surface area (Å²) in [5, 5.41) is 12.7. The summed E-state index contributed by atoms with van der Waals surface area (Å²) in [6.45, 7) is 5.49. The highest BCUT2D eigenvalue weighted by Gasteiger charge is 2.31. The van der Waals surface area contributed by atoms with Gasteiger partial charge in [-0.15, -0.1) is 21.5 Å². The van der Waals surface area contributed by atoms with E-state index in [1.165, 1.54) is 0 Å². The predicted octanol–water partition coefficient (Wildman–Crippen LogP) is 3.65. The van der Waals surface area contributed by atoms with Crippen LogP contribution < -0.4 is 9.47 Å². The van der Waals surface area contributed by atoms with Crippen molar-refractivity contribution >= 4 is 23.1 Å². The van der Waals surface area contributed by atoms with Crippen LogP contribution in [0.2, 0.25) is 0 Å². The van der Waals surface area contributed by atoms with Crippen molar-refractivity contribution in [2.45, 2.75) is 31.9 Å². The molecule has 0 bridgehead atoms. The van der Waals surface area contributed by atoms with Crippen molar-refractivity contribution in [3.63, 3.8) is 0 Å². The molecule has 0 aromatic carbocycles. The molecule has 0 spiro atoms. The van der Waals surface area contributed by atoms with E-state index < -0.39 is 0 Å². The van der Waals surface area contributed by atoms with E-state index >= 15 is 0 Å². The second-order valence-corrected chi connectivity index (χ2v) is 7.16. The Hall–Kier alpha value is -1.21. The largest absolute Gasteiger partial charge is 0.488 e. The normalized spacial score (nSPS) is 16.7. The number of hydrogen-bond acceptors (Lipinski definition) is 7. The van der Waals surface area contributed by atoms with Crippen molar-refractivity contribution in [1.82, 2.24) is 10.2 Å². The lowest BCUT2D eigenvalue weighted by molar-refractivity contribution is 0.144. The van der Waals surface area contributed by atoms with Crippen LogP contribution >= 0.6 is 23.1 Å². The van der Waals surface area contributed by atoms with Gasteiger partial charge in [0.2, 0.25) is 5.89 Å². The number of aromatic nitrogens is 2. The first-order chi connectivity index (χ1) is 10.2. The molecule has 2 aromatic heterocycles. The number of ether oxygens (including phenoxy) is 2. The zero-order valence-corrected chi connectivity index (χ0v) is 13.8. The van der Waals surface area contributed by atoms with Gasteiger partial charge in [0.1, 0.15) is 0 Å². The molecule has 0 unspecified atom stereocenters. The fourth-order valence-electron chi connectivity index (χ4n) is 1.96. The molecule has 1 aliphatic rings. The summed E-state index contributed by atoms with van der Waals surface area (Å²) in [5.74, 6) is 3.21. The molecule has 0 N–H and O–H groups in total. The third kappa shape index (κ3) is 3.52. The van der Waals surface area contributed by atoms with Crippen LogP contribution in [0, 0.1) is 5.41 Å². The molecule has 5 nitrogen and oxygen atoms in total. The minimum atomic E-state index is -0.0826. The number of aryl methyl sites for hydroxylation is 1. The first-order valence-corrected chi connectivity index (χ1v) is 8.88. The third-order valence-electron chi connectivity index (χ3n) is 3.20. The number of fused-ring (bicyclic) bond motifs is 1. The van der Waals surface area contributed by atoms with Crippen molar-refractivity contribution in [2.24, 2.45) is 5.41 Å². The average molecular weight is 326 g/mol. The Morgan fingerprint density at radius 1 is 1.24 bits per heavy atom. The van der Waals surface area contributed by atoms with Gasteiger partial charge in [0.15, 0.2) is 11.5 Å². The maximum atomic E-state index is 5.84. The van der Waals surface area contributed by atoms with Crippen LogP contribution in [0.25, 0.3) is 0 Å². The van der Waals surface area contributed by atoms with E-state index in [-0.39, 0.29) is 5.41 Å². The Morgan fingerprint density at radius 2 is 1.95 bits per heavy atom. The molecule has 3 rings (SSSR count). The van der Waals surface area contributed by atoms with Gasteiger partial charge in [-0.05, 0) is 6.42 Å². The van der Waals surface area contributed by atoms with Gasteiger partial charge in [-0.25, -0.2) is 0 Å². The fourth-order valence-corrected chi connectivity index (χ4v) is 3.54. The molecule has 21 heavy (non-hydrogen) atoms. The smallest absolute Gasteiger partial charge is 0.276 e. The quantitative estimate of drug-likeness (QED) is 0.782. The van der Waals surface area contributed by atoms with E-state index in [1.807, 2.05) is 10.8 Å². The van der Waals surface area contributed by atoms with Crippen LogP contribution in [0.3, 0.4) is 0 Å². The van der Waals surface area contributed by atoms with Crippen LogP contribution in [0.15, 0.2) is 20.4 Å². The molecule has 7 heteroatoms. The predicted molar refractivity (Wildman–Crippen MR) is 82.4 cm³/mol. The highest BCUT2D eigenvalue weighted by molar-refractivity contribution is 7.99. The average Bonchev–Trinajstić information content (AvgIpc) is 3.08. The zero-order valence-electron chi connectivity index (χ0n) is 12.1. The minimum absolute atomic E-state index is 0.0826. The lowest BCUT2D eigenvalue weighted by Crippen LogP contribution is -2.32. The first kappa shape index (κ1) is 14.7. The molecule has 0 amide bonds. The SMILES string of the molecule is CCCc1nnc(SCC2(C)COc3cscc3OC2)o1. The monoisotopic (exact) mass is 326 g/mol. The first-order valence-electron chi connectivity index (χ1n) is 6.95. The fraction of sp³-hybridized carbons (Fsp3) is 0.571. The number of thiophene rings is 1. The summed E-state index contributed by atoms with van der Waals surface area (Å²) in [6.07, 6.45) is 1.84. The van der Waals surface area contributed by atoms with Crippen molar-refractivity contribution in [1.29, 1.82) is 0 Å². The van der Waals surface area contributed by atoms with E-state index in [2.05, 4.69) is 24.0 Å². The molecule has 2 aromatic rings. The summed E-state index contributed by atoms with van der Waals surface area (Å²) in [7, 11) is 0. The molecule has 0 saturated heterocycles. The highest BCUT2D eigenvalue weighted by Crippen LogP contribution is 2.38. The molecule has 3 heterocycles. The summed E-state index contributed by atoms with van der Waals surface area (Å²) < 4.78 is 17.3. The molecule has 0 radical (unpaired) electrons. The minimum Gasteiger partial charge on any atom is -0.488 e. The number of rotatable bonds is 5. The Kier molecular flexibility index (Phi) is 4.40. The van der Waals surface area contributed by atoms with Crippen LogP contribution in [-0.2, 0) is 6.42 Å². The van der Waals surface area contributed by atoms with E-state index in [0.717, 1.165) is 30.1 Å². The maximum Gasteiger partial charge on any atom is 0.276 e. The van der Waals surface area contributed by atoms with Crippen molar-refractivity contribution in [3.8, 4) is 11.5 Å². The summed E-state index contributed by atoms with van der Waals surface area (Å²) >= 11 is 3.16.